The Morgan fingerprint density at radius 2 is 1.29 bits per heavy atom. The zero-order valence-corrected chi connectivity index (χ0v) is 13.3. The molecule has 0 bridgehead atoms. The molecule has 4 heteroatoms. The van der Waals surface area contributed by atoms with Gasteiger partial charge in [0.2, 0.25) is 0 Å². The van der Waals surface area contributed by atoms with E-state index in [2.05, 4.69) is 50.3 Å². The van der Waals surface area contributed by atoms with Crippen molar-refractivity contribution in [3.63, 3.8) is 0 Å². The minimum atomic E-state index is 0. The summed E-state index contributed by atoms with van der Waals surface area (Å²) in [7, 11) is 0. The molecule has 0 aromatic heterocycles. The van der Waals surface area contributed by atoms with Gasteiger partial charge in [0.25, 0.3) is 0 Å². The molecule has 112 valence electrons. The van der Waals surface area contributed by atoms with Gasteiger partial charge in [-0.3, -0.25) is 0 Å². The normalized spacial score (nSPS) is 12.5. The van der Waals surface area contributed by atoms with Crippen molar-refractivity contribution in [1.82, 2.24) is 0 Å². The van der Waals surface area contributed by atoms with Crippen LogP contribution < -0.4 is 0 Å². The molecule has 0 saturated heterocycles. The molecule has 1 aliphatic rings. The molecular formula is C17H20CrO3. The van der Waals surface area contributed by atoms with Gasteiger partial charge in [-0.2, -0.15) is 0 Å². The molecule has 0 aliphatic heterocycles. The molecule has 0 heterocycles. The summed E-state index contributed by atoms with van der Waals surface area (Å²) in [6.07, 6.45) is 10.1. The Morgan fingerprint density at radius 3 is 1.76 bits per heavy atom. The number of rotatable bonds is 3. The zero-order valence-electron chi connectivity index (χ0n) is 12.0. The van der Waals surface area contributed by atoms with E-state index in [4.69, 9.17) is 14.0 Å². The summed E-state index contributed by atoms with van der Waals surface area (Å²) in [5.74, 6) is 1.02. The number of aryl methyl sites for hydroxylation is 1. The molecule has 2 rings (SSSR count). The Morgan fingerprint density at radius 1 is 0.810 bits per heavy atom. The van der Waals surface area contributed by atoms with Crippen molar-refractivity contribution < 1.29 is 31.3 Å². The van der Waals surface area contributed by atoms with Crippen LogP contribution in [0.4, 0.5) is 0 Å². The summed E-state index contributed by atoms with van der Waals surface area (Å²) in [6.45, 7) is 13.5. The van der Waals surface area contributed by atoms with Gasteiger partial charge in [-0.15, -0.1) is 0 Å². The van der Waals surface area contributed by atoms with Gasteiger partial charge >= 0.3 is 33.9 Å². The molecule has 0 spiro atoms. The van der Waals surface area contributed by atoms with Crippen molar-refractivity contribution in [2.24, 2.45) is 5.92 Å². The van der Waals surface area contributed by atoms with Crippen LogP contribution in [0.2, 0.25) is 0 Å². The van der Waals surface area contributed by atoms with Gasteiger partial charge in [0.15, 0.2) is 0 Å². The summed E-state index contributed by atoms with van der Waals surface area (Å²) in [6, 6.07) is 10.9. The maximum Gasteiger partial charge on any atom is 0 e. The zero-order chi connectivity index (χ0) is 15.6. The third kappa shape index (κ3) is 13.7. The quantitative estimate of drug-likeness (QED) is 0.594. The second-order valence-corrected chi connectivity index (χ2v) is 4.53. The van der Waals surface area contributed by atoms with Crippen LogP contribution in [-0.2, 0) is 37.7 Å². The monoisotopic (exact) mass is 324 g/mol. The van der Waals surface area contributed by atoms with Crippen molar-refractivity contribution in [2.75, 3.05) is 0 Å². The Hall–Kier alpha value is -1.03. The predicted molar refractivity (Wildman–Crippen MR) is 73.1 cm³/mol. The van der Waals surface area contributed by atoms with Crippen LogP contribution in [0.1, 0.15) is 44.1 Å². The molecule has 1 aromatic carbocycles. The maximum absolute atomic E-state index is 7.50. The minimum absolute atomic E-state index is 0. The van der Waals surface area contributed by atoms with Crippen LogP contribution in [0.5, 0.6) is 0 Å². The Bertz CT molecular complexity index is 350. The molecule has 0 radical (unpaired) electrons. The van der Waals surface area contributed by atoms with Crippen LogP contribution in [0.15, 0.2) is 30.3 Å². The average Bonchev–Trinajstić information content (AvgIpc) is 2.60. The molecule has 0 unspecified atom stereocenters. The number of hydrogen-bond acceptors (Lipinski definition) is 0. The van der Waals surface area contributed by atoms with Crippen molar-refractivity contribution >= 4 is 0 Å². The second kappa shape index (κ2) is 21.3. The first-order chi connectivity index (χ1) is 9.95. The van der Waals surface area contributed by atoms with E-state index in [-0.39, 0.29) is 17.4 Å². The van der Waals surface area contributed by atoms with E-state index in [1.807, 2.05) is 0 Å². The maximum atomic E-state index is 7.50. The van der Waals surface area contributed by atoms with Crippen LogP contribution in [0.25, 0.3) is 0 Å². The van der Waals surface area contributed by atoms with E-state index in [0.717, 1.165) is 5.92 Å². The van der Waals surface area contributed by atoms with Crippen molar-refractivity contribution in [2.45, 2.75) is 44.9 Å². The first kappa shape index (κ1) is 25.0. The summed E-state index contributed by atoms with van der Waals surface area (Å²) in [5, 5.41) is 0. The fraction of sp³-hybridized carbons (Fsp3) is 0.471. The molecular weight excluding hydrogens is 304 g/mol. The van der Waals surface area contributed by atoms with Gasteiger partial charge in [0.05, 0.1) is 0 Å². The minimum Gasteiger partial charge on any atom is -0.0622 e. The summed E-state index contributed by atoms with van der Waals surface area (Å²) in [5.41, 5.74) is 1.51. The van der Waals surface area contributed by atoms with Crippen LogP contribution in [-0.4, -0.2) is 0 Å². The standard InChI is InChI=1S/C14H20.3CO.Cr/c1-3-7-13(8-4-1)11-12-14-9-5-2-6-10-14;3*1-2;/h1,3-4,7-8,14H,2,5-6,9-12H2;;;;. The second-order valence-electron chi connectivity index (χ2n) is 4.53. The van der Waals surface area contributed by atoms with Crippen LogP contribution in [0.3, 0.4) is 0 Å². The molecule has 1 aliphatic carbocycles. The Balaban J connectivity index is -0.000000414. The summed E-state index contributed by atoms with van der Waals surface area (Å²) >= 11 is 0. The summed E-state index contributed by atoms with van der Waals surface area (Å²) < 4.78 is 22.5. The third-order valence-electron chi connectivity index (χ3n) is 3.41. The van der Waals surface area contributed by atoms with Gasteiger partial charge in [0.1, 0.15) is 0 Å². The van der Waals surface area contributed by atoms with Crippen molar-refractivity contribution in [3.8, 4) is 0 Å². The largest absolute Gasteiger partial charge is 0.0622 e. The molecule has 3 nitrogen and oxygen atoms in total. The van der Waals surface area contributed by atoms with Crippen LogP contribution in [0, 0.1) is 25.9 Å². The van der Waals surface area contributed by atoms with Gasteiger partial charge < -0.3 is 0 Å². The molecule has 1 aromatic rings. The number of benzene rings is 1. The fourth-order valence-electron chi connectivity index (χ4n) is 2.49. The third-order valence-corrected chi connectivity index (χ3v) is 3.41. The molecule has 21 heavy (non-hydrogen) atoms. The van der Waals surface area contributed by atoms with Gasteiger partial charge in [0, 0.05) is 17.4 Å². The van der Waals surface area contributed by atoms with Crippen molar-refractivity contribution in [1.29, 1.82) is 0 Å². The Labute approximate surface area is 138 Å². The van der Waals surface area contributed by atoms with E-state index in [1.54, 1.807) is 0 Å². The average molecular weight is 324 g/mol. The SMILES string of the molecule is [C-]#[O+].[C-]#[O+].[C-]#[O+].[Cr].c1ccc(CCC2CCCCC2)cc1. The van der Waals surface area contributed by atoms with Gasteiger partial charge in [-0.05, 0) is 24.3 Å². The fourth-order valence-corrected chi connectivity index (χ4v) is 2.49. The van der Waals surface area contributed by atoms with Crippen molar-refractivity contribution in [3.05, 3.63) is 55.8 Å². The van der Waals surface area contributed by atoms with E-state index in [9.17, 15) is 0 Å². The topological polar surface area (TPSA) is 59.7 Å². The summed E-state index contributed by atoms with van der Waals surface area (Å²) in [4.78, 5) is 0. The molecule has 0 N–H and O–H groups in total. The molecule has 1 saturated carbocycles. The van der Waals surface area contributed by atoms with E-state index >= 15 is 0 Å². The molecule has 0 atom stereocenters. The first-order valence-corrected chi connectivity index (χ1v) is 6.60. The molecule has 1 fully saturated rings. The molecule has 0 amide bonds. The van der Waals surface area contributed by atoms with E-state index in [0.29, 0.717) is 0 Å². The van der Waals surface area contributed by atoms with E-state index < -0.39 is 0 Å². The predicted octanol–water partition coefficient (Wildman–Crippen LogP) is 4.08. The smallest absolute Gasteiger partial charge is 0 e. The Kier molecular flexibility index (Phi) is 25.3. The van der Waals surface area contributed by atoms with Gasteiger partial charge in [-0.1, -0.05) is 62.4 Å². The number of hydrogen-bond donors (Lipinski definition) is 0. The first-order valence-electron chi connectivity index (χ1n) is 6.60. The van der Waals surface area contributed by atoms with Crippen LogP contribution >= 0.6 is 0 Å². The van der Waals surface area contributed by atoms with E-state index in [1.165, 1.54) is 50.5 Å². The van der Waals surface area contributed by atoms with Gasteiger partial charge in [-0.25, -0.2) is 0 Å².